The number of carbonyl (C=O) groups is 4. The van der Waals surface area contributed by atoms with Crippen molar-refractivity contribution in [1.82, 2.24) is 0 Å². The van der Waals surface area contributed by atoms with Crippen molar-refractivity contribution in [3.8, 4) is 39.9 Å². The molecule has 242 valence electrons. The van der Waals surface area contributed by atoms with Crippen molar-refractivity contribution < 1.29 is 47.3 Å². The van der Waals surface area contributed by atoms with Gasteiger partial charge in [-0.05, 0) is 82.3 Å². The monoisotopic (exact) mass is 640 g/mol. The molecule has 0 aliphatic carbocycles. The van der Waals surface area contributed by atoms with Gasteiger partial charge in [0.1, 0.15) is 41.2 Å². The molecule has 3 aromatic carbocycles. The number of hydrogen-bond donors (Lipinski definition) is 0. The first-order valence-corrected chi connectivity index (χ1v) is 14.0. The summed E-state index contributed by atoms with van der Waals surface area (Å²) < 4.78 is 42.6. The third kappa shape index (κ3) is 9.98. The molecular formula is C37H33FO9. The number of benzene rings is 3. The van der Waals surface area contributed by atoms with Crippen molar-refractivity contribution in [2.24, 2.45) is 0 Å². The van der Waals surface area contributed by atoms with E-state index in [1.54, 1.807) is 43.3 Å². The van der Waals surface area contributed by atoms with Gasteiger partial charge in [0.25, 0.3) is 0 Å². The van der Waals surface area contributed by atoms with E-state index >= 15 is 4.39 Å². The summed E-state index contributed by atoms with van der Waals surface area (Å²) in [5.74, 6) is -2.98. The highest BCUT2D eigenvalue weighted by atomic mass is 19.1. The average molecular weight is 641 g/mol. The normalized spacial score (nSPS) is 10.5. The van der Waals surface area contributed by atoms with Gasteiger partial charge in [-0.1, -0.05) is 32.4 Å². The fraction of sp³-hybridized carbons (Fsp3) is 0.135. The molecule has 0 unspecified atom stereocenters. The molecule has 0 amide bonds. The molecule has 0 N–H and O–H groups in total. The molecule has 0 aliphatic rings. The Labute approximate surface area is 271 Å². The number of carbonyl (C=O) groups excluding carboxylic acids is 4. The van der Waals surface area contributed by atoms with Crippen LogP contribution in [0.25, 0.3) is 17.2 Å². The Morgan fingerprint density at radius 2 is 1.06 bits per heavy atom. The Morgan fingerprint density at radius 1 is 0.596 bits per heavy atom. The molecule has 0 fully saturated rings. The van der Waals surface area contributed by atoms with Gasteiger partial charge in [-0.25, -0.2) is 23.6 Å². The van der Waals surface area contributed by atoms with E-state index in [-0.39, 0.29) is 62.8 Å². The molecule has 0 heterocycles. The summed E-state index contributed by atoms with van der Waals surface area (Å²) in [6.45, 7) is 20.2. The lowest BCUT2D eigenvalue weighted by atomic mass is 10.00. The van der Waals surface area contributed by atoms with Gasteiger partial charge >= 0.3 is 23.9 Å². The number of hydrogen-bond acceptors (Lipinski definition) is 9. The van der Waals surface area contributed by atoms with E-state index in [0.29, 0.717) is 11.5 Å². The Balaban J connectivity index is 1.99. The summed E-state index contributed by atoms with van der Waals surface area (Å²) in [4.78, 5) is 48.7. The van der Waals surface area contributed by atoms with Gasteiger partial charge in [-0.2, -0.15) is 0 Å². The Bertz CT molecular complexity index is 1810. The molecule has 0 spiro atoms. The standard InChI is InChI=1S/C37H33FO9/c1-21(2)34(39)44-27-13-11-26(12-14-27)43-17-9-10-25-18-33(47-37(42)24(7)8)30(20-32(25)46-36(41)23(5)6)29-16-15-28(19-31(29)38)45-35(40)22(3)4/h9-16,18-20H,1,3,5,7,17H2,2,4,6,8H3/b10-9+. The van der Waals surface area contributed by atoms with Gasteiger partial charge in [-0.3, -0.25) is 0 Å². The summed E-state index contributed by atoms with van der Waals surface area (Å²) in [7, 11) is 0. The van der Waals surface area contributed by atoms with Crippen LogP contribution in [0.4, 0.5) is 4.39 Å². The van der Waals surface area contributed by atoms with E-state index in [0.717, 1.165) is 6.07 Å². The van der Waals surface area contributed by atoms with Crippen LogP contribution < -0.4 is 23.7 Å². The molecule has 0 saturated heterocycles. The first-order valence-electron chi connectivity index (χ1n) is 14.0. The largest absolute Gasteiger partial charge is 0.490 e. The molecule has 3 aromatic rings. The minimum absolute atomic E-state index is 0.000224. The van der Waals surface area contributed by atoms with Crippen molar-refractivity contribution in [3.05, 3.63) is 121 Å². The zero-order chi connectivity index (χ0) is 34.8. The zero-order valence-corrected chi connectivity index (χ0v) is 26.4. The van der Waals surface area contributed by atoms with E-state index in [1.807, 2.05) is 0 Å². The van der Waals surface area contributed by atoms with Crippen molar-refractivity contribution in [2.45, 2.75) is 27.7 Å². The summed E-state index contributed by atoms with van der Waals surface area (Å²) in [6, 6.07) is 12.7. The highest BCUT2D eigenvalue weighted by Gasteiger charge is 2.21. The topological polar surface area (TPSA) is 114 Å². The van der Waals surface area contributed by atoms with Crippen LogP contribution >= 0.6 is 0 Å². The van der Waals surface area contributed by atoms with Gasteiger partial charge in [0.05, 0.1) is 0 Å². The quantitative estimate of drug-likeness (QED) is 0.106. The summed E-state index contributed by atoms with van der Waals surface area (Å²) in [5.41, 5.74) is 0.872. The first-order chi connectivity index (χ1) is 22.2. The average Bonchev–Trinajstić information content (AvgIpc) is 3.00. The van der Waals surface area contributed by atoms with Crippen LogP contribution in [0, 0.1) is 5.82 Å². The highest BCUT2D eigenvalue weighted by molar-refractivity contribution is 5.93. The second-order valence-corrected chi connectivity index (χ2v) is 10.4. The van der Waals surface area contributed by atoms with E-state index in [2.05, 4.69) is 26.3 Å². The van der Waals surface area contributed by atoms with Gasteiger partial charge < -0.3 is 23.7 Å². The third-order valence-corrected chi connectivity index (χ3v) is 6.03. The number of halogens is 1. The van der Waals surface area contributed by atoms with Crippen LogP contribution in [-0.4, -0.2) is 30.5 Å². The van der Waals surface area contributed by atoms with Crippen molar-refractivity contribution in [2.75, 3.05) is 6.61 Å². The Hall–Kier alpha value is -6.03. The van der Waals surface area contributed by atoms with Crippen LogP contribution in [0.1, 0.15) is 33.3 Å². The zero-order valence-electron chi connectivity index (χ0n) is 26.4. The minimum atomic E-state index is -0.820. The van der Waals surface area contributed by atoms with Gasteiger partial charge in [0.15, 0.2) is 0 Å². The van der Waals surface area contributed by atoms with Crippen LogP contribution in [-0.2, 0) is 19.2 Å². The molecule has 9 nitrogen and oxygen atoms in total. The highest BCUT2D eigenvalue weighted by Crippen LogP contribution is 2.39. The lowest BCUT2D eigenvalue weighted by Crippen LogP contribution is -2.12. The molecule has 0 saturated carbocycles. The third-order valence-electron chi connectivity index (χ3n) is 6.03. The van der Waals surface area contributed by atoms with Crippen molar-refractivity contribution in [1.29, 1.82) is 0 Å². The van der Waals surface area contributed by atoms with Crippen LogP contribution in [0.5, 0.6) is 28.7 Å². The van der Waals surface area contributed by atoms with Crippen molar-refractivity contribution in [3.63, 3.8) is 0 Å². The van der Waals surface area contributed by atoms with Crippen molar-refractivity contribution >= 4 is 30.0 Å². The minimum Gasteiger partial charge on any atom is -0.490 e. The van der Waals surface area contributed by atoms with Crippen LogP contribution in [0.3, 0.4) is 0 Å². The molecule has 0 radical (unpaired) electrons. The number of esters is 4. The molecule has 0 bridgehead atoms. The lowest BCUT2D eigenvalue weighted by molar-refractivity contribution is -0.131. The fourth-order valence-corrected chi connectivity index (χ4v) is 3.55. The summed E-state index contributed by atoms with van der Waals surface area (Å²) in [5, 5.41) is 0. The van der Waals surface area contributed by atoms with E-state index in [9.17, 15) is 19.2 Å². The second kappa shape index (κ2) is 15.8. The maximum Gasteiger partial charge on any atom is 0.338 e. The predicted octanol–water partition coefficient (Wildman–Crippen LogP) is 7.51. The van der Waals surface area contributed by atoms with Crippen LogP contribution in [0.2, 0.25) is 0 Å². The molecule has 10 heteroatoms. The maximum atomic E-state index is 15.5. The molecule has 47 heavy (non-hydrogen) atoms. The smallest absolute Gasteiger partial charge is 0.338 e. The predicted molar refractivity (Wildman–Crippen MR) is 175 cm³/mol. The van der Waals surface area contributed by atoms with Gasteiger partial charge in [0.2, 0.25) is 0 Å². The summed E-state index contributed by atoms with van der Waals surface area (Å²) in [6.07, 6.45) is 3.17. The van der Waals surface area contributed by atoms with Gasteiger partial charge in [0, 0.05) is 45.0 Å². The number of ether oxygens (including phenoxy) is 5. The Morgan fingerprint density at radius 3 is 1.60 bits per heavy atom. The maximum absolute atomic E-state index is 15.5. The lowest BCUT2D eigenvalue weighted by Gasteiger charge is -2.16. The summed E-state index contributed by atoms with van der Waals surface area (Å²) >= 11 is 0. The molecule has 0 aliphatic heterocycles. The fourth-order valence-electron chi connectivity index (χ4n) is 3.55. The first kappa shape index (κ1) is 35.4. The van der Waals surface area contributed by atoms with E-state index in [1.165, 1.54) is 45.0 Å². The van der Waals surface area contributed by atoms with E-state index in [4.69, 9.17) is 23.7 Å². The number of rotatable bonds is 13. The Kier molecular flexibility index (Phi) is 11.9. The van der Waals surface area contributed by atoms with Gasteiger partial charge in [-0.15, -0.1) is 0 Å². The van der Waals surface area contributed by atoms with Crippen LogP contribution in [0.15, 0.2) is 109 Å². The SMILES string of the molecule is C=C(C)C(=O)Oc1ccc(OC/C=C/c2cc(OC(=O)C(=C)C)c(-c3ccc(OC(=O)C(=C)C)cc3F)cc2OC(=O)C(=C)C)cc1. The molecule has 0 atom stereocenters. The van der Waals surface area contributed by atoms with E-state index < -0.39 is 29.7 Å². The molecule has 3 rings (SSSR count). The molecule has 0 aromatic heterocycles. The second-order valence-electron chi connectivity index (χ2n) is 10.4. The molecular weight excluding hydrogens is 607 g/mol.